The summed E-state index contributed by atoms with van der Waals surface area (Å²) in [5.41, 5.74) is 4.91. The fourth-order valence-corrected chi connectivity index (χ4v) is 2.76. The Bertz CT molecular complexity index is 628. The van der Waals surface area contributed by atoms with Crippen molar-refractivity contribution in [2.45, 2.75) is 12.8 Å². The van der Waals surface area contributed by atoms with Gasteiger partial charge in [0, 0.05) is 0 Å². The number of rotatable bonds is 8. The van der Waals surface area contributed by atoms with Crippen molar-refractivity contribution in [2.75, 3.05) is 14.2 Å². The number of benzene rings is 2. The van der Waals surface area contributed by atoms with Gasteiger partial charge in [0.2, 0.25) is 0 Å². The molecule has 0 aromatic heterocycles. The third-order valence-corrected chi connectivity index (χ3v) is 3.96. The van der Waals surface area contributed by atoms with Crippen molar-refractivity contribution >= 4 is 11.8 Å². The second-order valence-corrected chi connectivity index (χ2v) is 5.68. The summed E-state index contributed by atoms with van der Waals surface area (Å²) in [5, 5.41) is 0. The lowest BCUT2D eigenvalue weighted by Gasteiger charge is -2.30. The number of amides is 2. The predicted molar refractivity (Wildman–Crippen MR) is 93.0 cm³/mol. The first-order chi connectivity index (χ1) is 12.1. The number of hydrogen-bond acceptors (Lipinski definition) is 4. The molecule has 2 N–H and O–H groups in total. The monoisotopic (exact) mass is 342 g/mol. The van der Waals surface area contributed by atoms with Crippen LogP contribution in [0.25, 0.3) is 0 Å². The molecule has 0 aliphatic rings. The van der Waals surface area contributed by atoms with Crippen molar-refractivity contribution in [3.8, 4) is 0 Å². The van der Waals surface area contributed by atoms with Gasteiger partial charge in [0.15, 0.2) is 0 Å². The molecule has 0 bridgehead atoms. The van der Waals surface area contributed by atoms with E-state index in [4.69, 9.17) is 9.68 Å². The molecule has 0 aliphatic heterocycles. The van der Waals surface area contributed by atoms with Gasteiger partial charge in [-0.2, -0.15) is 0 Å². The highest BCUT2D eigenvalue weighted by Crippen LogP contribution is 2.29. The number of carbonyl (C=O) groups is 2. The minimum absolute atomic E-state index is 0.202. The van der Waals surface area contributed by atoms with Gasteiger partial charge in [-0.3, -0.25) is 19.3 Å². The van der Waals surface area contributed by atoms with E-state index in [0.29, 0.717) is 0 Å². The molecule has 2 aromatic rings. The highest BCUT2D eigenvalue weighted by atomic mass is 16.6. The van der Waals surface area contributed by atoms with E-state index in [2.05, 4.69) is 11.0 Å². The van der Waals surface area contributed by atoms with Gasteiger partial charge >= 0.3 is 0 Å². The first kappa shape index (κ1) is 18.6. The molecule has 0 fully saturated rings. The maximum Gasteiger partial charge on any atom is 0.259 e. The topological polar surface area (TPSA) is 76.7 Å². The largest absolute Gasteiger partial charge is 0.277 e. The van der Waals surface area contributed by atoms with Crippen molar-refractivity contribution in [2.24, 2.45) is 5.41 Å². The molecular weight excluding hydrogens is 320 g/mol. The van der Waals surface area contributed by atoms with Gasteiger partial charge in [-0.15, -0.1) is 0 Å². The Kier molecular flexibility index (Phi) is 6.68. The minimum Gasteiger partial charge on any atom is -0.277 e. The van der Waals surface area contributed by atoms with E-state index in [9.17, 15) is 9.59 Å². The van der Waals surface area contributed by atoms with Gasteiger partial charge in [-0.1, -0.05) is 60.7 Å². The summed E-state index contributed by atoms with van der Waals surface area (Å²) < 4.78 is 0. The lowest BCUT2D eigenvalue weighted by Crippen LogP contribution is -2.53. The molecule has 6 nitrogen and oxygen atoms in total. The van der Waals surface area contributed by atoms with Gasteiger partial charge in [0.05, 0.1) is 14.2 Å². The number of hydroxylamine groups is 2. The molecule has 132 valence electrons. The molecule has 0 unspecified atom stereocenters. The highest BCUT2D eigenvalue weighted by Gasteiger charge is 2.46. The second-order valence-electron chi connectivity index (χ2n) is 5.68. The first-order valence-electron chi connectivity index (χ1n) is 7.87. The van der Waals surface area contributed by atoms with Crippen LogP contribution in [0.4, 0.5) is 0 Å². The molecule has 0 atom stereocenters. The van der Waals surface area contributed by atoms with E-state index >= 15 is 0 Å². The Morgan fingerprint density at radius 3 is 1.44 bits per heavy atom. The smallest absolute Gasteiger partial charge is 0.259 e. The fourth-order valence-electron chi connectivity index (χ4n) is 2.76. The summed E-state index contributed by atoms with van der Waals surface area (Å²) in [5.74, 6) is -1.06. The van der Waals surface area contributed by atoms with Gasteiger partial charge < -0.3 is 0 Å². The molecule has 0 spiro atoms. The summed E-state index contributed by atoms with van der Waals surface area (Å²) in [6, 6.07) is 18.7. The first-order valence-corrected chi connectivity index (χ1v) is 7.87. The molecule has 2 aromatic carbocycles. The zero-order valence-electron chi connectivity index (χ0n) is 14.3. The summed E-state index contributed by atoms with van der Waals surface area (Å²) in [6.07, 6.45) is 0.403. The average molecular weight is 342 g/mol. The molecule has 25 heavy (non-hydrogen) atoms. The second kappa shape index (κ2) is 8.96. The Hall–Kier alpha value is -2.70. The Balaban J connectivity index is 2.47. The Labute approximate surface area is 147 Å². The predicted octanol–water partition coefficient (Wildman–Crippen LogP) is 1.81. The van der Waals surface area contributed by atoms with E-state index in [1.807, 2.05) is 60.7 Å². The summed E-state index contributed by atoms with van der Waals surface area (Å²) in [7, 11) is 2.67. The van der Waals surface area contributed by atoms with Crippen LogP contribution < -0.4 is 11.0 Å². The van der Waals surface area contributed by atoms with Crippen LogP contribution in [-0.2, 0) is 32.1 Å². The fraction of sp³-hybridized carbons (Fsp3) is 0.263. The van der Waals surface area contributed by atoms with E-state index in [0.717, 1.165) is 11.1 Å². The molecule has 0 saturated heterocycles. The van der Waals surface area contributed by atoms with E-state index in [1.54, 1.807) is 0 Å². The Morgan fingerprint density at radius 1 is 0.760 bits per heavy atom. The van der Waals surface area contributed by atoms with Crippen molar-refractivity contribution in [3.63, 3.8) is 0 Å². The van der Waals surface area contributed by atoms with Crippen LogP contribution in [0.5, 0.6) is 0 Å². The third kappa shape index (κ3) is 4.65. The van der Waals surface area contributed by atoms with Crippen LogP contribution in [0.15, 0.2) is 60.7 Å². The normalized spacial score (nSPS) is 11.0. The minimum atomic E-state index is -1.42. The van der Waals surface area contributed by atoms with Crippen molar-refractivity contribution < 1.29 is 19.3 Å². The summed E-state index contributed by atoms with van der Waals surface area (Å²) in [4.78, 5) is 35.3. The lowest BCUT2D eigenvalue weighted by molar-refractivity contribution is -0.156. The van der Waals surface area contributed by atoms with Gasteiger partial charge in [0.25, 0.3) is 11.8 Å². The van der Waals surface area contributed by atoms with Crippen LogP contribution >= 0.6 is 0 Å². The zero-order valence-corrected chi connectivity index (χ0v) is 14.3. The SMILES string of the molecule is CONC(=O)C(Cc1ccccc1)(Cc1ccccc1)C(=O)NOC. The Morgan fingerprint density at radius 2 is 1.12 bits per heavy atom. The van der Waals surface area contributed by atoms with Crippen molar-refractivity contribution in [1.82, 2.24) is 11.0 Å². The molecule has 0 saturated carbocycles. The molecule has 2 rings (SSSR count). The van der Waals surface area contributed by atoms with Gasteiger partial charge in [0.1, 0.15) is 5.41 Å². The summed E-state index contributed by atoms with van der Waals surface area (Å²) in [6.45, 7) is 0. The lowest BCUT2D eigenvalue weighted by atomic mass is 9.75. The summed E-state index contributed by atoms with van der Waals surface area (Å²) >= 11 is 0. The van der Waals surface area contributed by atoms with Crippen LogP contribution in [0.3, 0.4) is 0 Å². The van der Waals surface area contributed by atoms with Crippen LogP contribution in [0.2, 0.25) is 0 Å². The van der Waals surface area contributed by atoms with Crippen molar-refractivity contribution in [1.29, 1.82) is 0 Å². The maximum absolute atomic E-state index is 12.8. The number of nitrogens with one attached hydrogen (secondary N) is 2. The van der Waals surface area contributed by atoms with E-state index < -0.39 is 17.2 Å². The number of hydrogen-bond donors (Lipinski definition) is 2. The molecule has 0 aliphatic carbocycles. The van der Waals surface area contributed by atoms with E-state index in [1.165, 1.54) is 14.2 Å². The van der Waals surface area contributed by atoms with Crippen LogP contribution in [-0.4, -0.2) is 26.0 Å². The van der Waals surface area contributed by atoms with E-state index in [-0.39, 0.29) is 12.8 Å². The number of carbonyl (C=O) groups excluding carboxylic acids is 2. The highest BCUT2D eigenvalue weighted by molar-refractivity contribution is 6.05. The molecule has 6 heteroatoms. The third-order valence-electron chi connectivity index (χ3n) is 3.96. The maximum atomic E-state index is 12.8. The molecule has 0 radical (unpaired) electrons. The van der Waals surface area contributed by atoms with Crippen LogP contribution in [0, 0.1) is 5.41 Å². The standard InChI is InChI=1S/C19H22N2O4/c1-24-20-17(22)19(18(23)21-25-2,13-15-9-5-3-6-10-15)14-16-11-7-4-8-12-16/h3-12H,13-14H2,1-2H3,(H,20,22)(H,21,23). The molecule has 2 amide bonds. The molecule has 0 heterocycles. The zero-order chi connectivity index (χ0) is 18.1. The quantitative estimate of drug-likeness (QED) is 0.567. The van der Waals surface area contributed by atoms with Crippen LogP contribution in [0.1, 0.15) is 11.1 Å². The molecular formula is C19H22N2O4. The average Bonchev–Trinajstić information content (AvgIpc) is 2.63. The van der Waals surface area contributed by atoms with Gasteiger partial charge in [-0.25, -0.2) is 11.0 Å². The van der Waals surface area contributed by atoms with Crippen molar-refractivity contribution in [3.05, 3.63) is 71.8 Å². The van der Waals surface area contributed by atoms with Gasteiger partial charge in [-0.05, 0) is 24.0 Å².